The molecule has 32 heavy (non-hydrogen) atoms. The standard InChI is InChI=1S/C22H21N5O4S/c1-29-18-10-15(11-19(30-2)20(18)31-3)24-21(28)17-12-32-22(26-17)25-14-4-6-16(7-5-14)27-9-8-23-13-27/h4-13H,1-3H3,(H,24,28)(H,25,26). The fraction of sp³-hybridized carbons (Fsp3) is 0.136. The highest BCUT2D eigenvalue weighted by atomic mass is 32.1. The van der Waals surface area contributed by atoms with Crippen molar-refractivity contribution >= 4 is 33.8 Å². The van der Waals surface area contributed by atoms with Crippen molar-refractivity contribution in [2.24, 2.45) is 0 Å². The molecule has 0 saturated heterocycles. The first kappa shape index (κ1) is 21.2. The van der Waals surface area contributed by atoms with Crippen LogP contribution in [0.25, 0.3) is 5.69 Å². The molecule has 1 amide bonds. The van der Waals surface area contributed by atoms with Crippen LogP contribution in [0.4, 0.5) is 16.5 Å². The fourth-order valence-electron chi connectivity index (χ4n) is 3.04. The Kier molecular flexibility index (Phi) is 6.22. The van der Waals surface area contributed by atoms with E-state index in [0.717, 1.165) is 11.4 Å². The van der Waals surface area contributed by atoms with E-state index >= 15 is 0 Å². The lowest BCUT2D eigenvalue weighted by Gasteiger charge is -2.14. The minimum atomic E-state index is -0.348. The van der Waals surface area contributed by atoms with Crippen molar-refractivity contribution < 1.29 is 19.0 Å². The predicted molar refractivity (Wildman–Crippen MR) is 123 cm³/mol. The topological polar surface area (TPSA) is 99.5 Å². The largest absolute Gasteiger partial charge is 0.493 e. The Bertz CT molecular complexity index is 1180. The van der Waals surface area contributed by atoms with Crippen LogP contribution in [0.5, 0.6) is 17.2 Å². The number of methoxy groups -OCH3 is 3. The van der Waals surface area contributed by atoms with Gasteiger partial charge in [0.2, 0.25) is 5.75 Å². The van der Waals surface area contributed by atoms with Gasteiger partial charge in [0.15, 0.2) is 16.6 Å². The monoisotopic (exact) mass is 451 g/mol. The van der Waals surface area contributed by atoms with Crippen LogP contribution in [0, 0.1) is 0 Å². The summed E-state index contributed by atoms with van der Waals surface area (Å²) in [7, 11) is 4.56. The van der Waals surface area contributed by atoms with Crippen LogP contribution in [0.3, 0.4) is 0 Å². The van der Waals surface area contributed by atoms with Gasteiger partial charge in [-0.3, -0.25) is 4.79 Å². The van der Waals surface area contributed by atoms with Crippen LogP contribution >= 0.6 is 11.3 Å². The molecule has 0 radical (unpaired) electrons. The first-order valence-electron chi connectivity index (χ1n) is 9.53. The second-order valence-electron chi connectivity index (χ2n) is 6.55. The van der Waals surface area contributed by atoms with E-state index in [0.29, 0.717) is 33.8 Å². The molecule has 0 bridgehead atoms. The van der Waals surface area contributed by atoms with Gasteiger partial charge in [0.05, 0.1) is 27.7 Å². The molecular formula is C22H21N5O4S. The summed E-state index contributed by atoms with van der Waals surface area (Å²) in [4.78, 5) is 21.1. The van der Waals surface area contributed by atoms with Crippen molar-refractivity contribution in [1.82, 2.24) is 14.5 Å². The summed E-state index contributed by atoms with van der Waals surface area (Å²) < 4.78 is 17.9. The predicted octanol–water partition coefficient (Wildman–Crippen LogP) is 4.35. The number of nitrogens with zero attached hydrogens (tertiary/aromatic N) is 3. The summed E-state index contributed by atoms with van der Waals surface area (Å²) in [5.74, 6) is 0.995. The van der Waals surface area contributed by atoms with Crippen LogP contribution in [0.15, 0.2) is 60.5 Å². The van der Waals surface area contributed by atoms with Crippen LogP contribution in [-0.4, -0.2) is 41.8 Å². The molecule has 4 rings (SSSR count). The first-order valence-corrected chi connectivity index (χ1v) is 10.4. The number of benzene rings is 2. The molecule has 0 aliphatic carbocycles. The molecule has 164 valence electrons. The van der Waals surface area contributed by atoms with Crippen molar-refractivity contribution in [2.75, 3.05) is 32.0 Å². The lowest BCUT2D eigenvalue weighted by Crippen LogP contribution is -2.12. The number of carbonyl (C=O) groups is 1. The zero-order valence-electron chi connectivity index (χ0n) is 17.7. The van der Waals surface area contributed by atoms with Crippen LogP contribution in [0.1, 0.15) is 10.5 Å². The maximum Gasteiger partial charge on any atom is 0.275 e. The molecule has 2 aromatic heterocycles. The third kappa shape index (κ3) is 4.49. The zero-order chi connectivity index (χ0) is 22.5. The Morgan fingerprint density at radius 1 is 1.00 bits per heavy atom. The average Bonchev–Trinajstić information content (AvgIpc) is 3.51. The molecular weight excluding hydrogens is 430 g/mol. The minimum absolute atomic E-state index is 0.293. The Morgan fingerprint density at radius 2 is 1.72 bits per heavy atom. The summed E-state index contributed by atoms with van der Waals surface area (Å²) in [5.41, 5.74) is 2.65. The minimum Gasteiger partial charge on any atom is -0.493 e. The first-order chi connectivity index (χ1) is 15.6. The van der Waals surface area contributed by atoms with Crippen LogP contribution in [0.2, 0.25) is 0 Å². The summed E-state index contributed by atoms with van der Waals surface area (Å²) in [6, 6.07) is 11.1. The number of rotatable bonds is 8. The third-order valence-electron chi connectivity index (χ3n) is 4.58. The van der Waals surface area contributed by atoms with E-state index in [1.165, 1.54) is 32.7 Å². The van der Waals surface area contributed by atoms with Crippen molar-refractivity contribution in [1.29, 1.82) is 0 Å². The molecule has 9 nitrogen and oxygen atoms in total. The van der Waals surface area contributed by atoms with E-state index in [1.807, 2.05) is 35.0 Å². The SMILES string of the molecule is COc1cc(NC(=O)c2csc(Nc3ccc(-n4ccnc4)cc3)n2)cc(OC)c1OC. The van der Waals surface area contributed by atoms with Gasteiger partial charge in [-0.05, 0) is 24.3 Å². The van der Waals surface area contributed by atoms with E-state index in [2.05, 4.69) is 20.6 Å². The molecule has 0 spiro atoms. The lowest BCUT2D eigenvalue weighted by atomic mass is 10.2. The second-order valence-corrected chi connectivity index (χ2v) is 7.41. The quantitative estimate of drug-likeness (QED) is 0.411. The number of hydrogen-bond donors (Lipinski definition) is 2. The Balaban J connectivity index is 1.45. The molecule has 2 heterocycles. The van der Waals surface area contributed by atoms with Crippen molar-refractivity contribution in [3.8, 4) is 22.9 Å². The number of carbonyl (C=O) groups excluding carboxylic acids is 1. The van der Waals surface area contributed by atoms with Gasteiger partial charge < -0.3 is 29.4 Å². The number of amides is 1. The van der Waals surface area contributed by atoms with Gasteiger partial charge in [0, 0.05) is 47.0 Å². The van der Waals surface area contributed by atoms with E-state index in [1.54, 1.807) is 30.0 Å². The number of aromatic nitrogens is 3. The van der Waals surface area contributed by atoms with Crippen molar-refractivity contribution in [3.05, 3.63) is 66.2 Å². The summed E-state index contributed by atoms with van der Waals surface area (Å²) >= 11 is 1.34. The number of anilines is 3. The van der Waals surface area contributed by atoms with E-state index in [9.17, 15) is 4.79 Å². The molecule has 0 saturated carbocycles. The fourth-order valence-corrected chi connectivity index (χ4v) is 3.75. The molecule has 0 aliphatic heterocycles. The molecule has 0 aliphatic rings. The van der Waals surface area contributed by atoms with Gasteiger partial charge in [-0.25, -0.2) is 9.97 Å². The molecule has 0 fully saturated rings. The Labute approximate surface area is 188 Å². The maximum absolute atomic E-state index is 12.7. The highest BCUT2D eigenvalue weighted by Gasteiger charge is 2.16. The molecule has 2 N–H and O–H groups in total. The van der Waals surface area contributed by atoms with E-state index < -0.39 is 0 Å². The van der Waals surface area contributed by atoms with Gasteiger partial charge in [0.1, 0.15) is 5.69 Å². The summed E-state index contributed by atoms with van der Waals surface area (Å²) in [5, 5.41) is 8.32. The molecule has 0 unspecified atom stereocenters. The highest BCUT2D eigenvalue weighted by Crippen LogP contribution is 2.40. The Morgan fingerprint density at radius 3 is 2.31 bits per heavy atom. The molecule has 2 aromatic carbocycles. The normalized spacial score (nSPS) is 10.5. The third-order valence-corrected chi connectivity index (χ3v) is 5.34. The Hall–Kier alpha value is -4.05. The molecule has 10 heteroatoms. The summed E-state index contributed by atoms with van der Waals surface area (Å²) in [6.45, 7) is 0. The maximum atomic E-state index is 12.7. The highest BCUT2D eigenvalue weighted by molar-refractivity contribution is 7.14. The van der Waals surface area contributed by atoms with Crippen LogP contribution < -0.4 is 24.8 Å². The van der Waals surface area contributed by atoms with Crippen LogP contribution in [-0.2, 0) is 0 Å². The van der Waals surface area contributed by atoms with Gasteiger partial charge >= 0.3 is 0 Å². The second kappa shape index (κ2) is 9.40. The van der Waals surface area contributed by atoms with Crippen molar-refractivity contribution in [3.63, 3.8) is 0 Å². The lowest BCUT2D eigenvalue weighted by molar-refractivity contribution is 0.102. The average molecular weight is 452 g/mol. The number of hydrogen-bond acceptors (Lipinski definition) is 8. The number of imidazole rings is 1. The smallest absolute Gasteiger partial charge is 0.275 e. The van der Waals surface area contributed by atoms with E-state index in [4.69, 9.17) is 14.2 Å². The van der Waals surface area contributed by atoms with E-state index in [-0.39, 0.29) is 5.91 Å². The van der Waals surface area contributed by atoms with Crippen molar-refractivity contribution in [2.45, 2.75) is 0 Å². The van der Waals surface area contributed by atoms with Gasteiger partial charge in [0.25, 0.3) is 5.91 Å². The summed E-state index contributed by atoms with van der Waals surface area (Å²) in [6.07, 6.45) is 5.34. The number of ether oxygens (including phenoxy) is 3. The van der Waals surface area contributed by atoms with Gasteiger partial charge in [-0.15, -0.1) is 11.3 Å². The van der Waals surface area contributed by atoms with Gasteiger partial charge in [-0.1, -0.05) is 0 Å². The molecule has 0 atom stereocenters. The zero-order valence-corrected chi connectivity index (χ0v) is 18.5. The molecule has 4 aromatic rings. The van der Waals surface area contributed by atoms with Gasteiger partial charge in [-0.2, -0.15) is 0 Å². The number of thiazole rings is 1. The number of nitrogens with one attached hydrogen (secondary N) is 2.